The van der Waals surface area contributed by atoms with Crippen LogP contribution in [0.5, 0.6) is 11.5 Å². The number of halogens is 1. The van der Waals surface area contributed by atoms with Crippen molar-refractivity contribution in [1.82, 2.24) is 0 Å². The number of rotatable bonds is 7. The van der Waals surface area contributed by atoms with Gasteiger partial charge in [-0.2, -0.15) is 5.10 Å². The van der Waals surface area contributed by atoms with Crippen LogP contribution < -0.4 is 14.9 Å². The van der Waals surface area contributed by atoms with Crippen LogP contribution in [-0.2, 0) is 0 Å². The molecule has 0 saturated heterocycles. The van der Waals surface area contributed by atoms with Crippen LogP contribution in [0, 0.1) is 20.2 Å². The maximum absolute atomic E-state index is 11.1. The molecule has 0 aromatic heterocycles. The van der Waals surface area contributed by atoms with Gasteiger partial charge in [0, 0.05) is 17.7 Å². The summed E-state index contributed by atoms with van der Waals surface area (Å²) in [5.41, 5.74) is 2.27. The van der Waals surface area contributed by atoms with Crippen LogP contribution >= 0.6 is 15.9 Å². The molecule has 136 valence electrons. The number of methoxy groups -OCH3 is 2. The van der Waals surface area contributed by atoms with Crippen molar-refractivity contribution in [3.8, 4) is 11.5 Å². The highest BCUT2D eigenvalue weighted by atomic mass is 79.9. The maximum atomic E-state index is 11.1. The molecule has 0 atom stereocenters. The van der Waals surface area contributed by atoms with Crippen LogP contribution in [0.4, 0.5) is 17.1 Å². The molecule has 0 heterocycles. The lowest BCUT2D eigenvalue weighted by molar-refractivity contribution is -0.393. The van der Waals surface area contributed by atoms with Crippen LogP contribution in [0.15, 0.2) is 39.9 Å². The fraction of sp³-hybridized carbons (Fsp3) is 0.133. The molecule has 0 aliphatic heterocycles. The lowest BCUT2D eigenvalue weighted by atomic mass is 10.2. The van der Waals surface area contributed by atoms with Crippen LogP contribution in [0.2, 0.25) is 0 Å². The van der Waals surface area contributed by atoms with Crippen LogP contribution in [0.25, 0.3) is 0 Å². The monoisotopic (exact) mass is 424 g/mol. The number of anilines is 1. The summed E-state index contributed by atoms with van der Waals surface area (Å²) in [6, 6.07) is 6.58. The van der Waals surface area contributed by atoms with Gasteiger partial charge in [0.2, 0.25) is 0 Å². The van der Waals surface area contributed by atoms with Crippen molar-refractivity contribution in [2.75, 3.05) is 19.6 Å². The van der Waals surface area contributed by atoms with E-state index in [0.717, 1.165) is 12.1 Å². The second kappa shape index (κ2) is 8.25. The van der Waals surface area contributed by atoms with Crippen molar-refractivity contribution in [2.24, 2.45) is 5.10 Å². The molecule has 26 heavy (non-hydrogen) atoms. The SMILES string of the molecule is COc1cc(OC)c(/C=N\Nc2ccc([N+](=O)[O-])cc2[N+](=O)[O-])cc1Br. The number of hydrogen-bond donors (Lipinski definition) is 1. The molecular weight excluding hydrogens is 412 g/mol. The summed E-state index contributed by atoms with van der Waals surface area (Å²) in [5, 5.41) is 25.8. The number of ether oxygens (including phenoxy) is 2. The maximum Gasteiger partial charge on any atom is 0.301 e. The molecule has 10 nitrogen and oxygen atoms in total. The van der Waals surface area contributed by atoms with Crippen molar-refractivity contribution >= 4 is 39.2 Å². The van der Waals surface area contributed by atoms with Crippen molar-refractivity contribution in [1.29, 1.82) is 0 Å². The van der Waals surface area contributed by atoms with E-state index in [1.54, 1.807) is 12.1 Å². The second-order valence-corrected chi connectivity index (χ2v) is 5.67. The van der Waals surface area contributed by atoms with Gasteiger partial charge >= 0.3 is 5.69 Å². The van der Waals surface area contributed by atoms with Gasteiger partial charge < -0.3 is 9.47 Å². The first-order valence-corrected chi connectivity index (χ1v) is 7.80. The number of nitro groups is 2. The van der Waals surface area contributed by atoms with Crippen LogP contribution in [0.3, 0.4) is 0 Å². The molecule has 1 N–H and O–H groups in total. The molecule has 0 saturated carbocycles. The van der Waals surface area contributed by atoms with Gasteiger partial charge in [-0.1, -0.05) is 0 Å². The molecular formula is C15H13BrN4O6. The predicted molar refractivity (Wildman–Crippen MR) is 98.2 cm³/mol. The summed E-state index contributed by atoms with van der Waals surface area (Å²) in [7, 11) is 3.00. The third-order valence-corrected chi connectivity index (χ3v) is 3.90. The molecule has 0 aliphatic carbocycles. The van der Waals surface area contributed by atoms with Gasteiger partial charge in [-0.3, -0.25) is 25.7 Å². The Labute approximate surface area is 155 Å². The third-order valence-electron chi connectivity index (χ3n) is 3.28. The Morgan fingerprint density at radius 2 is 1.77 bits per heavy atom. The van der Waals surface area contributed by atoms with E-state index in [0.29, 0.717) is 21.5 Å². The molecule has 11 heteroatoms. The summed E-state index contributed by atoms with van der Waals surface area (Å²) in [6.07, 6.45) is 1.40. The van der Waals surface area contributed by atoms with E-state index in [9.17, 15) is 20.2 Å². The van der Waals surface area contributed by atoms with E-state index < -0.39 is 15.5 Å². The molecule has 0 radical (unpaired) electrons. The normalized spacial score (nSPS) is 10.6. The number of hydrazone groups is 1. The molecule has 0 aliphatic rings. The minimum atomic E-state index is -0.727. The fourth-order valence-corrected chi connectivity index (χ4v) is 2.56. The van der Waals surface area contributed by atoms with E-state index in [4.69, 9.17) is 9.47 Å². The minimum Gasteiger partial charge on any atom is -0.496 e. The Balaban J connectivity index is 2.30. The highest BCUT2D eigenvalue weighted by molar-refractivity contribution is 9.10. The van der Waals surface area contributed by atoms with E-state index >= 15 is 0 Å². The number of non-ortho nitro benzene ring substituents is 1. The summed E-state index contributed by atoms with van der Waals surface area (Å²) < 4.78 is 11.1. The van der Waals surface area contributed by atoms with Crippen molar-refractivity contribution in [3.63, 3.8) is 0 Å². The Bertz CT molecular complexity index is 887. The molecule has 0 bridgehead atoms. The molecule has 2 aromatic rings. The highest BCUT2D eigenvalue weighted by Crippen LogP contribution is 2.32. The third kappa shape index (κ3) is 4.25. The predicted octanol–water partition coefficient (Wildman–Crippen LogP) is 3.73. The van der Waals surface area contributed by atoms with Crippen molar-refractivity contribution in [2.45, 2.75) is 0 Å². The van der Waals surface area contributed by atoms with E-state index in [1.807, 2.05) is 0 Å². The number of nitrogens with one attached hydrogen (secondary N) is 1. The average molecular weight is 425 g/mol. The number of hydrogen-bond acceptors (Lipinski definition) is 8. The summed E-state index contributed by atoms with van der Waals surface area (Å²) in [5.74, 6) is 1.05. The number of nitrogens with zero attached hydrogens (tertiary/aromatic N) is 3. The van der Waals surface area contributed by atoms with Crippen LogP contribution in [0.1, 0.15) is 5.56 Å². The van der Waals surface area contributed by atoms with Gasteiger partial charge in [0.05, 0.1) is 40.8 Å². The second-order valence-electron chi connectivity index (χ2n) is 4.81. The van der Waals surface area contributed by atoms with Gasteiger partial charge in [0.15, 0.2) is 0 Å². The zero-order valence-electron chi connectivity index (χ0n) is 13.6. The highest BCUT2D eigenvalue weighted by Gasteiger charge is 2.19. The summed E-state index contributed by atoms with van der Waals surface area (Å²) >= 11 is 3.34. The van der Waals surface area contributed by atoms with E-state index in [-0.39, 0.29) is 11.4 Å². The van der Waals surface area contributed by atoms with Crippen molar-refractivity contribution in [3.05, 3.63) is 60.6 Å². The quantitative estimate of drug-likeness (QED) is 0.407. The number of benzene rings is 2. The molecule has 0 spiro atoms. The first-order valence-electron chi connectivity index (χ1n) is 7.00. The largest absolute Gasteiger partial charge is 0.496 e. The van der Waals surface area contributed by atoms with Gasteiger partial charge in [0.25, 0.3) is 5.69 Å². The Hall–Kier alpha value is -3.21. The topological polar surface area (TPSA) is 129 Å². The van der Waals surface area contributed by atoms with E-state index in [1.165, 1.54) is 26.5 Å². The van der Waals surface area contributed by atoms with Gasteiger partial charge in [-0.05, 0) is 28.1 Å². The molecule has 0 unspecified atom stereocenters. The Morgan fingerprint density at radius 1 is 1.08 bits per heavy atom. The van der Waals surface area contributed by atoms with Crippen LogP contribution in [-0.4, -0.2) is 30.3 Å². The fourth-order valence-electron chi connectivity index (χ4n) is 2.03. The first kappa shape index (κ1) is 19.1. The zero-order chi connectivity index (χ0) is 19.3. The molecule has 0 amide bonds. The van der Waals surface area contributed by atoms with Gasteiger partial charge in [-0.25, -0.2) is 0 Å². The average Bonchev–Trinajstić information content (AvgIpc) is 2.61. The standard InChI is InChI=1S/C15H13BrN4O6/c1-25-14-7-15(26-2)11(16)5-9(14)8-17-18-12-4-3-10(19(21)22)6-13(12)20(23)24/h3-8,18H,1-2H3/b17-8-. The lowest BCUT2D eigenvalue weighted by Gasteiger charge is -2.09. The molecule has 2 aromatic carbocycles. The lowest BCUT2D eigenvalue weighted by Crippen LogP contribution is -1.99. The van der Waals surface area contributed by atoms with Gasteiger partial charge in [0.1, 0.15) is 17.2 Å². The summed E-state index contributed by atoms with van der Waals surface area (Å²) in [6.45, 7) is 0. The number of nitro benzene ring substituents is 2. The van der Waals surface area contributed by atoms with Gasteiger partial charge in [-0.15, -0.1) is 0 Å². The smallest absolute Gasteiger partial charge is 0.301 e. The Morgan fingerprint density at radius 3 is 2.35 bits per heavy atom. The van der Waals surface area contributed by atoms with E-state index in [2.05, 4.69) is 26.5 Å². The first-order chi connectivity index (χ1) is 12.4. The zero-order valence-corrected chi connectivity index (χ0v) is 15.2. The molecule has 0 fully saturated rings. The summed E-state index contributed by atoms with van der Waals surface area (Å²) in [4.78, 5) is 20.4. The van der Waals surface area contributed by atoms with Crippen molar-refractivity contribution < 1.29 is 19.3 Å². The minimum absolute atomic E-state index is 0.0170. The Kier molecular flexibility index (Phi) is 6.07. The molecule has 2 rings (SSSR count).